The third kappa shape index (κ3) is 3.40. The minimum Gasteiger partial charge on any atom is -0.349 e. The number of nitrogens with zero attached hydrogens (tertiary/aromatic N) is 3. The maximum Gasteiger partial charge on any atom is 0.251 e. The first-order chi connectivity index (χ1) is 9.20. The Morgan fingerprint density at radius 3 is 2.74 bits per heavy atom. The van der Waals surface area contributed by atoms with Gasteiger partial charge in [-0.2, -0.15) is 0 Å². The molecule has 0 aliphatic rings. The van der Waals surface area contributed by atoms with Crippen molar-refractivity contribution in [2.75, 3.05) is 0 Å². The second kappa shape index (κ2) is 6.13. The predicted octanol–water partition coefficient (Wildman–Crippen LogP) is 2.00. The molecule has 0 saturated heterocycles. The maximum atomic E-state index is 11.9. The van der Waals surface area contributed by atoms with Crippen molar-refractivity contribution < 1.29 is 4.79 Å². The van der Waals surface area contributed by atoms with E-state index in [0.29, 0.717) is 5.56 Å². The Morgan fingerprint density at radius 2 is 2.16 bits per heavy atom. The monoisotopic (exact) mass is 257 g/mol. The summed E-state index contributed by atoms with van der Waals surface area (Å²) in [6.45, 7) is 5.96. The molecule has 0 bridgehead atoms. The molecular weight excluding hydrogens is 240 g/mol. The molecule has 0 fully saturated rings. The van der Waals surface area contributed by atoms with Crippen LogP contribution in [-0.2, 0) is 0 Å². The van der Waals surface area contributed by atoms with E-state index in [-0.39, 0.29) is 11.9 Å². The summed E-state index contributed by atoms with van der Waals surface area (Å²) < 4.78 is 1.64. The van der Waals surface area contributed by atoms with Gasteiger partial charge >= 0.3 is 0 Å². The van der Waals surface area contributed by atoms with Crippen LogP contribution in [-0.4, -0.2) is 26.9 Å². The number of hydrogen-bond acceptors (Lipinski definition) is 3. The largest absolute Gasteiger partial charge is 0.349 e. The molecule has 1 N–H and O–H groups in total. The van der Waals surface area contributed by atoms with Crippen molar-refractivity contribution in [2.45, 2.75) is 25.8 Å². The van der Waals surface area contributed by atoms with Crippen molar-refractivity contribution in [3.05, 3.63) is 49.1 Å². The summed E-state index contributed by atoms with van der Waals surface area (Å²) in [4.78, 5) is 11.9. The molecule has 5 nitrogen and oxygen atoms in total. The van der Waals surface area contributed by atoms with Crippen LogP contribution in [0.4, 0.5) is 0 Å². The summed E-state index contributed by atoms with van der Waals surface area (Å²) >= 11 is 0. The fourth-order valence-electron chi connectivity index (χ4n) is 1.80. The van der Waals surface area contributed by atoms with Crippen molar-refractivity contribution in [2.24, 2.45) is 0 Å². The minimum absolute atomic E-state index is 0.0486. The fourth-order valence-corrected chi connectivity index (χ4v) is 1.80. The van der Waals surface area contributed by atoms with Gasteiger partial charge in [0, 0.05) is 11.6 Å². The fraction of sp³-hybridized carbons (Fsp3) is 0.286. The van der Waals surface area contributed by atoms with Crippen LogP contribution in [0.3, 0.4) is 0 Å². The number of rotatable bonds is 5. The lowest BCUT2D eigenvalue weighted by atomic mass is 10.1. The van der Waals surface area contributed by atoms with Gasteiger partial charge in [-0.05, 0) is 37.6 Å². The molecule has 1 atom stereocenters. The quantitative estimate of drug-likeness (QED) is 0.891. The number of carbonyl (C=O) groups is 1. The van der Waals surface area contributed by atoms with E-state index in [2.05, 4.69) is 29.5 Å². The topological polar surface area (TPSA) is 59.8 Å². The Morgan fingerprint density at radius 1 is 1.42 bits per heavy atom. The maximum absolute atomic E-state index is 11.9. The molecule has 1 amide bonds. The van der Waals surface area contributed by atoms with E-state index in [1.165, 1.54) is 0 Å². The zero-order valence-corrected chi connectivity index (χ0v) is 10.9. The Kier molecular flexibility index (Phi) is 4.28. The molecular formula is C14H17N4O. The van der Waals surface area contributed by atoms with E-state index in [9.17, 15) is 4.79 Å². The highest BCUT2D eigenvalue weighted by molar-refractivity contribution is 5.94. The van der Waals surface area contributed by atoms with Crippen LogP contribution >= 0.6 is 0 Å². The van der Waals surface area contributed by atoms with Crippen molar-refractivity contribution in [3.8, 4) is 5.69 Å². The van der Waals surface area contributed by atoms with E-state index >= 15 is 0 Å². The van der Waals surface area contributed by atoms with Crippen molar-refractivity contribution in [3.63, 3.8) is 0 Å². The molecule has 1 aromatic heterocycles. The first-order valence-corrected chi connectivity index (χ1v) is 6.31. The highest BCUT2D eigenvalue weighted by atomic mass is 16.1. The predicted molar refractivity (Wildman–Crippen MR) is 72.9 cm³/mol. The van der Waals surface area contributed by atoms with Gasteiger partial charge in [0.05, 0.1) is 18.1 Å². The van der Waals surface area contributed by atoms with Crippen molar-refractivity contribution >= 4 is 5.91 Å². The van der Waals surface area contributed by atoms with E-state index < -0.39 is 0 Å². The van der Waals surface area contributed by atoms with Crippen molar-refractivity contribution in [1.29, 1.82) is 0 Å². The van der Waals surface area contributed by atoms with Crippen LogP contribution in [0.25, 0.3) is 5.69 Å². The molecule has 0 aliphatic carbocycles. The lowest BCUT2D eigenvalue weighted by molar-refractivity contribution is 0.0942. The molecule has 99 valence electrons. The van der Waals surface area contributed by atoms with Gasteiger partial charge in [-0.3, -0.25) is 4.79 Å². The number of aromatic nitrogens is 3. The van der Waals surface area contributed by atoms with E-state index in [4.69, 9.17) is 0 Å². The number of amides is 1. The van der Waals surface area contributed by atoms with Gasteiger partial charge in [0.2, 0.25) is 0 Å². The first-order valence-electron chi connectivity index (χ1n) is 6.31. The van der Waals surface area contributed by atoms with Crippen LogP contribution < -0.4 is 5.32 Å². The number of nitrogens with one attached hydrogen (secondary N) is 1. The van der Waals surface area contributed by atoms with Crippen LogP contribution in [0.5, 0.6) is 0 Å². The van der Waals surface area contributed by atoms with Crippen LogP contribution in [0.15, 0.2) is 36.7 Å². The molecule has 0 spiro atoms. The summed E-state index contributed by atoms with van der Waals surface area (Å²) in [5.41, 5.74) is 1.49. The van der Waals surface area contributed by atoms with Gasteiger partial charge in [-0.25, -0.2) is 4.68 Å². The molecule has 0 aliphatic heterocycles. The second-order valence-corrected chi connectivity index (χ2v) is 4.35. The standard InChI is InChI=1S/C14H17N4O/c1-3-4-11(2)16-14(19)12-5-7-13(8-6-12)18-10-9-15-17-18/h5-11H,2-4H2,1H3,(H,16,19). The third-order valence-corrected chi connectivity index (χ3v) is 2.79. The number of carbonyl (C=O) groups excluding carboxylic acids is 1. The molecule has 1 radical (unpaired) electrons. The smallest absolute Gasteiger partial charge is 0.251 e. The van der Waals surface area contributed by atoms with Crippen LogP contribution in [0.2, 0.25) is 0 Å². The van der Waals surface area contributed by atoms with Crippen LogP contribution in [0.1, 0.15) is 30.1 Å². The zero-order chi connectivity index (χ0) is 13.7. The van der Waals surface area contributed by atoms with Gasteiger partial charge < -0.3 is 5.32 Å². The summed E-state index contributed by atoms with van der Waals surface area (Å²) in [6.07, 6.45) is 5.24. The highest BCUT2D eigenvalue weighted by Gasteiger charge is 2.09. The molecule has 19 heavy (non-hydrogen) atoms. The van der Waals surface area contributed by atoms with Crippen LogP contribution in [0, 0.1) is 6.92 Å². The van der Waals surface area contributed by atoms with Gasteiger partial charge in [-0.1, -0.05) is 18.6 Å². The van der Waals surface area contributed by atoms with E-state index in [1.54, 1.807) is 29.2 Å². The minimum atomic E-state index is -0.0985. The van der Waals surface area contributed by atoms with E-state index in [1.807, 2.05) is 12.1 Å². The molecule has 2 aromatic rings. The SMILES string of the molecule is [CH2]C(CCC)NC(=O)c1ccc(-n2ccnn2)cc1. The van der Waals surface area contributed by atoms with Crippen molar-refractivity contribution in [1.82, 2.24) is 20.3 Å². The first kappa shape index (κ1) is 13.3. The van der Waals surface area contributed by atoms with E-state index in [0.717, 1.165) is 18.5 Å². The normalized spacial score (nSPS) is 12.1. The zero-order valence-electron chi connectivity index (χ0n) is 10.9. The number of hydrogen-bond donors (Lipinski definition) is 1. The van der Waals surface area contributed by atoms with Gasteiger partial charge in [0.1, 0.15) is 0 Å². The Labute approximate surface area is 112 Å². The molecule has 5 heteroatoms. The second-order valence-electron chi connectivity index (χ2n) is 4.35. The average molecular weight is 257 g/mol. The number of benzene rings is 1. The summed E-state index contributed by atoms with van der Waals surface area (Å²) in [6, 6.07) is 7.16. The third-order valence-electron chi connectivity index (χ3n) is 2.79. The van der Waals surface area contributed by atoms with Gasteiger partial charge in [0.25, 0.3) is 5.91 Å². The molecule has 1 unspecified atom stereocenters. The molecule has 1 aromatic carbocycles. The summed E-state index contributed by atoms with van der Waals surface area (Å²) in [5.74, 6) is -0.0985. The van der Waals surface area contributed by atoms with Gasteiger partial charge in [-0.15, -0.1) is 5.10 Å². The Balaban J connectivity index is 2.04. The average Bonchev–Trinajstić information content (AvgIpc) is 2.93. The molecule has 1 heterocycles. The highest BCUT2D eigenvalue weighted by Crippen LogP contribution is 2.08. The Hall–Kier alpha value is -2.17. The summed E-state index contributed by atoms with van der Waals surface area (Å²) in [7, 11) is 0. The molecule has 2 rings (SSSR count). The lowest BCUT2D eigenvalue weighted by Crippen LogP contribution is -2.32. The molecule has 0 saturated carbocycles. The van der Waals surface area contributed by atoms with Gasteiger partial charge in [0.15, 0.2) is 0 Å². The lowest BCUT2D eigenvalue weighted by Gasteiger charge is -2.12. The Bertz CT molecular complexity index is 519. The summed E-state index contributed by atoms with van der Waals surface area (Å²) in [5, 5.41) is 10.5.